The Hall–Kier alpha value is -3.07. The van der Waals surface area contributed by atoms with Crippen LogP contribution in [-0.4, -0.2) is 41.5 Å². The first-order valence-corrected chi connectivity index (χ1v) is 9.67. The van der Waals surface area contributed by atoms with E-state index in [1.54, 1.807) is 0 Å². The summed E-state index contributed by atoms with van der Waals surface area (Å²) in [5, 5.41) is 18.9. The van der Waals surface area contributed by atoms with E-state index in [0.717, 1.165) is 30.6 Å². The lowest BCUT2D eigenvalue weighted by Crippen LogP contribution is -2.21. The van der Waals surface area contributed by atoms with E-state index in [-0.39, 0.29) is 6.42 Å². The number of carbonyl (C=O) groups is 2. The fourth-order valence-corrected chi connectivity index (χ4v) is 2.44. The Morgan fingerprint density at radius 2 is 1.58 bits per heavy atom. The van der Waals surface area contributed by atoms with Gasteiger partial charge in [0.2, 0.25) is 0 Å². The van der Waals surface area contributed by atoms with Gasteiger partial charge in [-0.25, -0.2) is 4.79 Å². The summed E-state index contributed by atoms with van der Waals surface area (Å²) in [7, 11) is 0. The lowest BCUT2D eigenvalue weighted by molar-refractivity contribution is -0.192. The van der Waals surface area contributed by atoms with Crippen LogP contribution in [0.25, 0.3) is 0 Å². The molecule has 6 nitrogen and oxygen atoms in total. The number of carboxylic acid groups (broad SMARTS) is 2. The van der Waals surface area contributed by atoms with Gasteiger partial charge in [0.25, 0.3) is 0 Å². The van der Waals surface area contributed by atoms with Crippen LogP contribution >= 0.6 is 0 Å². The van der Waals surface area contributed by atoms with Crippen LogP contribution in [0.2, 0.25) is 0 Å². The highest BCUT2D eigenvalue weighted by Crippen LogP contribution is 2.14. The summed E-state index contributed by atoms with van der Waals surface area (Å²) in [6.07, 6.45) is -1.73. The molecule has 0 saturated carbocycles. The molecule has 0 aliphatic carbocycles. The van der Waals surface area contributed by atoms with Crippen molar-refractivity contribution in [3.63, 3.8) is 0 Å². The van der Waals surface area contributed by atoms with Crippen LogP contribution in [-0.2, 0) is 22.6 Å². The first kappa shape index (κ1) is 26.0. The standard InChI is InChI=1S/C20H25NO3.C2HF3O2/c22-20(23)12-13-21-16-18-10-6-11-19(15-18)24-14-5-4-9-17-7-2-1-3-8-17;3-2(4,5)1(6)7/h1-3,6-8,10-11,15,21H,4-5,9,12-14,16H2,(H,22,23);(H,6,7). The van der Waals surface area contributed by atoms with Crippen LogP contribution in [0.15, 0.2) is 54.6 Å². The van der Waals surface area contributed by atoms with Crippen LogP contribution in [0, 0.1) is 0 Å². The lowest BCUT2D eigenvalue weighted by atomic mass is 10.1. The van der Waals surface area contributed by atoms with Crippen LogP contribution < -0.4 is 10.1 Å². The van der Waals surface area contributed by atoms with Gasteiger partial charge in [-0.3, -0.25) is 4.79 Å². The minimum atomic E-state index is -5.08. The smallest absolute Gasteiger partial charge is 0.490 e. The van der Waals surface area contributed by atoms with E-state index in [1.165, 1.54) is 5.56 Å². The molecule has 0 spiro atoms. The Bertz CT molecular complexity index is 797. The number of benzene rings is 2. The molecule has 31 heavy (non-hydrogen) atoms. The molecule has 2 rings (SSSR count). The first-order chi connectivity index (χ1) is 14.7. The zero-order valence-corrected chi connectivity index (χ0v) is 16.9. The third-order valence-electron chi connectivity index (χ3n) is 3.96. The average Bonchev–Trinajstić information content (AvgIpc) is 2.72. The summed E-state index contributed by atoms with van der Waals surface area (Å²) in [4.78, 5) is 19.4. The van der Waals surface area contributed by atoms with Crippen molar-refractivity contribution in [3.8, 4) is 5.75 Å². The molecule has 0 aromatic heterocycles. The van der Waals surface area contributed by atoms with Crippen molar-refractivity contribution in [2.24, 2.45) is 0 Å². The SMILES string of the molecule is O=C(O)C(F)(F)F.O=C(O)CCNCc1cccc(OCCCCc2ccccc2)c1. The number of halogens is 3. The van der Waals surface area contributed by atoms with Gasteiger partial charge < -0.3 is 20.3 Å². The maximum atomic E-state index is 10.6. The minimum absolute atomic E-state index is 0.137. The van der Waals surface area contributed by atoms with Crippen LogP contribution in [0.5, 0.6) is 5.75 Å². The Balaban J connectivity index is 0.000000592. The molecule has 0 aliphatic heterocycles. The second kappa shape index (κ2) is 14.0. The largest absolute Gasteiger partial charge is 0.494 e. The van der Waals surface area contributed by atoms with Gasteiger partial charge in [-0.15, -0.1) is 0 Å². The molecule has 0 radical (unpaired) electrons. The highest BCUT2D eigenvalue weighted by atomic mass is 19.4. The fraction of sp³-hybridized carbons (Fsp3) is 0.364. The summed E-state index contributed by atoms with van der Waals surface area (Å²) < 4.78 is 37.5. The number of hydrogen-bond donors (Lipinski definition) is 3. The Morgan fingerprint density at radius 3 is 2.19 bits per heavy atom. The van der Waals surface area contributed by atoms with Crippen molar-refractivity contribution in [1.29, 1.82) is 0 Å². The molecule has 0 heterocycles. The van der Waals surface area contributed by atoms with Crippen molar-refractivity contribution in [1.82, 2.24) is 5.32 Å². The summed E-state index contributed by atoms with van der Waals surface area (Å²) in [5.74, 6) is -2.67. The van der Waals surface area contributed by atoms with E-state index in [0.29, 0.717) is 19.7 Å². The van der Waals surface area contributed by atoms with E-state index >= 15 is 0 Å². The molecule has 9 heteroatoms. The second-order valence-electron chi connectivity index (χ2n) is 6.56. The first-order valence-electron chi connectivity index (χ1n) is 9.67. The van der Waals surface area contributed by atoms with Gasteiger partial charge in [-0.2, -0.15) is 13.2 Å². The number of hydrogen-bond acceptors (Lipinski definition) is 4. The molecule has 0 saturated heterocycles. The van der Waals surface area contributed by atoms with Gasteiger partial charge in [-0.05, 0) is 42.5 Å². The summed E-state index contributed by atoms with van der Waals surface area (Å²) >= 11 is 0. The van der Waals surface area contributed by atoms with Crippen molar-refractivity contribution in [3.05, 3.63) is 65.7 Å². The van der Waals surface area contributed by atoms with Gasteiger partial charge in [0, 0.05) is 13.1 Å². The molecule has 3 N–H and O–H groups in total. The predicted octanol–water partition coefficient (Wildman–Crippen LogP) is 4.29. The van der Waals surface area contributed by atoms with E-state index in [2.05, 4.69) is 29.6 Å². The molecule has 2 aromatic rings. The average molecular weight is 441 g/mol. The molecular weight excluding hydrogens is 415 g/mol. The number of unbranched alkanes of at least 4 members (excludes halogenated alkanes) is 1. The molecule has 0 unspecified atom stereocenters. The third-order valence-corrected chi connectivity index (χ3v) is 3.96. The Morgan fingerprint density at radius 1 is 0.935 bits per heavy atom. The van der Waals surface area contributed by atoms with Gasteiger partial charge in [0.15, 0.2) is 0 Å². The molecule has 0 amide bonds. The van der Waals surface area contributed by atoms with Crippen molar-refractivity contribution in [2.75, 3.05) is 13.2 Å². The quantitative estimate of drug-likeness (QED) is 0.451. The Labute approximate surface area is 178 Å². The molecule has 0 fully saturated rings. The number of aryl methyl sites for hydroxylation is 1. The fourth-order valence-electron chi connectivity index (χ4n) is 2.44. The number of aliphatic carboxylic acids is 2. The zero-order valence-electron chi connectivity index (χ0n) is 16.9. The normalized spacial score (nSPS) is 10.7. The number of carboxylic acids is 2. The predicted molar refractivity (Wildman–Crippen MR) is 109 cm³/mol. The molecule has 0 aliphatic rings. The van der Waals surface area contributed by atoms with E-state index in [1.807, 2.05) is 30.3 Å². The second-order valence-corrected chi connectivity index (χ2v) is 6.56. The number of ether oxygens (including phenoxy) is 1. The van der Waals surface area contributed by atoms with Crippen molar-refractivity contribution in [2.45, 2.75) is 38.4 Å². The number of rotatable bonds is 11. The molecule has 0 atom stereocenters. The number of alkyl halides is 3. The maximum Gasteiger partial charge on any atom is 0.490 e. The minimum Gasteiger partial charge on any atom is -0.494 e. The van der Waals surface area contributed by atoms with Crippen molar-refractivity contribution >= 4 is 11.9 Å². The van der Waals surface area contributed by atoms with Gasteiger partial charge >= 0.3 is 18.1 Å². The molecule has 170 valence electrons. The van der Waals surface area contributed by atoms with Crippen LogP contribution in [0.4, 0.5) is 13.2 Å². The van der Waals surface area contributed by atoms with Gasteiger partial charge in [0.1, 0.15) is 5.75 Å². The molecular formula is C22H26F3NO5. The van der Waals surface area contributed by atoms with Crippen molar-refractivity contribution < 1.29 is 37.7 Å². The molecule has 0 bridgehead atoms. The maximum absolute atomic E-state index is 10.6. The summed E-state index contributed by atoms with van der Waals surface area (Å²) in [5.41, 5.74) is 2.47. The Kier molecular flexibility index (Phi) is 11.7. The summed E-state index contributed by atoms with van der Waals surface area (Å²) in [6, 6.07) is 18.4. The monoisotopic (exact) mass is 441 g/mol. The van der Waals surface area contributed by atoms with Gasteiger partial charge in [0.05, 0.1) is 13.0 Å². The van der Waals surface area contributed by atoms with E-state index < -0.39 is 18.1 Å². The van der Waals surface area contributed by atoms with E-state index in [4.69, 9.17) is 19.7 Å². The zero-order chi connectivity index (χ0) is 23.1. The summed E-state index contributed by atoms with van der Waals surface area (Å²) in [6.45, 7) is 1.83. The van der Waals surface area contributed by atoms with Crippen LogP contribution in [0.3, 0.4) is 0 Å². The molecule has 2 aromatic carbocycles. The van der Waals surface area contributed by atoms with Crippen LogP contribution in [0.1, 0.15) is 30.4 Å². The number of nitrogens with one attached hydrogen (secondary N) is 1. The third kappa shape index (κ3) is 13.0. The van der Waals surface area contributed by atoms with Gasteiger partial charge in [-0.1, -0.05) is 42.5 Å². The highest BCUT2D eigenvalue weighted by Gasteiger charge is 2.38. The van der Waals surface area contributed by atoms with E-state index in [9.17, 15) is 18.0 Å². The lowest BCUT2D eigenvalue weighted by Gasteiger charge is -2.09. The topological polar surface area (TPSA) is 95.9 Å². The highest BCUT2D eigenvalue weighted by molar-refractivity contribution is 5.73.